The first-order valence-electron chi connectivity index (χ1n) is 8.69. The van der Waals surface area contributed by atoms with Gasteiger partial charge in [-0.15, -0.1) is 0 Å². The van der Waals surface area contributed by atoms with Crippen molar-refractivity contribution >= 4 is 17.5 Å². The summed E-state index contributed by atoms with van der Waals surface area (Å²) in [6.07, 6.45) is 0. The number of amides is 2. The molecule has 2 aromatic rings. The van der Waals surface area contributed by atoms with E-state index >= 15 is 0 Å². The Morgan fingerprint density at radius 3 is 2.33 bits per heavy atom. The molecule has 0 aromatic heterocycles. The topological polar surface area (TPSA) is 92.5 Å². The summed E-state index contributed by atoms with van der Waals surface area (Å²) in [6.45, 7) is 5.87. The molecule has 0 spiro atoms. The lowest BCUT2D eigenvalue weighted by Gasteiger charge is -2.30. The second-order valence-electron chi connectivity index (χ2n) is 6.55. The number of hydrogen-bond acceptors (Lipinski definition) is 4. The second kappa shape index (κ2) is 8.93. The van der Waals surface area contributed by atoms with Crippen LogP contribution < -0.4 is 5.32 Å². The highest BCUT2D eigenvalue weighted by Gasteiger charge is 2.25. The number of carbonyl (C=O) groups excluding carboxylic acids is 2. The maximum atomic E-state index is 12.8. The van der Waals surface area contributed by atoms with Crippen LogP contribution in [0.4, 0.5) is 5.69 Å². The second-order valence-corrected chi connectivity index (χ2v) is 6.55. The minimum atomic E-state index is -0.761. The summed E-state index contributed by atoms with van der Waals surface area (Å²) in [5.74, 6) is -0.740. The normalized spacial score (nSPS) is 11.7. The lowest BCUT2D eigenvalue weighted by atomic mass is 10.1. The molecular formula is C20H23N3O4. The molecule has 7 nitrogen and oxygen atoms in total. The fourth-order valence-corrected chi connectivity index (χ4v) is 2.65. The van der Waals surface area contributed by atoms with Gasteiger partial charge < -0.3 is 10.2 Å². The number of nitro groups is 1. The quantitative estimate of drug-likeness (QED) is 0.599. The monoisotopic (exact) mass is 369 g/mol. The molecule has 0 heterocycles. The highest BCUT2D eigenvalue weighted by Crippen LogP contribution is 2.14. The van der Waals surface area contributed by atoms with E-state index in [0.29, 0.717) is 6.54 Å². The number of non-ortho nitro benzene ring substituents is 1. The van der Waals surface area contributed by atoms with Gasteiger partial charge >= 0.3 is 0 Å². The number of nitrogens with one attached hydrogen (secondary N) is 1. The SMILES string of the molecule is CC(NC(=O)c1cccc([N+](=O)[O-])c1)C(=O)N(Cc1ccccc1)C(C)C. The van der Waals surface area contributed by atoms with Crippen molar-refractivity contribution in [2.45, 2.75) is 39.4 Å². The molecule has 1 N–H and O–H groups in total. The maximum absolute atomic E-state index is 12.8. The van der Waals surface area contributed by atoms with Crippen molar-refractivity contribution in [3.8, 4) is 0 Å². The number of nitrogens with zero attached hydrogens (tertiary/aromatic N) is 2. The van der Waals surface area contributed by atoms with E-state index in [1.807, 2.05) is 44.2 Å². The first-order valence-corrected chi connectivity index (χ1v) is 8.69. The summed E-state index contributed by atoms with van der Waals surface area (Å²) in [5.41, 5.74) is 0.967. The Labute approximate surface area is 158 Å². The van der Waals surface area contributed by atoms with Gasteiger partial charge in [0.15, 0.2) is 0 Å². The van der Waals surface area contributed by atoms with Crippen molar-refractivity contribution in [1.82, 2.24) is 10.2 Å². The third-order valence-electron chi connectivity index (χ3n) is 4.14. The predicted octanol–water partition coefficient (Wildman–Crippen LogP) is 3.15. The zero-order valence-electron chi connectivity index (χ0n) is 15.6. The molecule has 142 valence electrons. The minimum absolute atomic E-state index is 0.0464. The molecule has 0 radical (unpaired) electrons. The Morgan fingerprint density at radius 1 is 1.07 bits per heavy atom. The average molecular weight is 369 g/mol. The van der Waals surface area contributed by atoms with Gasteiger partial charge in [0.2, 0.25) is 5.91 Å². The summed E-state index contributed by atoms with van der Waals surface area (Å²) >= 11 is 0. The van der Waals surface area contributed by atoms with Crippen LogP contribution in [0.3, 0.4) is 0 Å². The molecule has 0 bridgehead atoms. The van der Waals surface area contributed by atoms with Crippen molar-refractivity contribution in [3.05, 3.63) is 75.8 Å². The van der Waals surface area contributed by atoms with E-state index in [-0.39, 0.29) is 23.2 Å². The van der Waals surface area contributed by atoms with Gasteiger partial charge in [-0.1, -0.05) is 36.4 Å². The fraction of sp³-hybridized carbons (Fsp3) is 0.300. The van der Waals surface area contributed by atoms with Crippen molar-refractivity contribution in [2.24, 2.45) is 0 Å². The molecule has 0 saturated heterocycles. The van der Waals surface area contributed by atoms with Crippen molar-refractivity contribution < 1.29 is 14.5 Å². The summed E-state index contributed by atoms with van der Waals surface area (Å²) in [5, 5.41) is 13.5. The molecule has 0 aliphatic heterocycles. The van der Waals surface area contributed by atoms with Gasteiger partial charge in [0, 0.05) is 30.3 Å². The lowest BCUT2D eigenvalue weighted by molar-refractivity contribution is -0.384. The van der Waals surface area contributed by atoms with Gasteiger partial charge in [-0.25, -0.2) is 0 Å². The van der Waals surface area contributed by atoms with Crippen LogP contribution in [-0.4, -0.2) is 33.7 Å². The zero-order valence-corrected chi connectivity index (χ0v) is 15.6. The maximum Gasteiger partial charge on any atom is 0.270 e. The largest absolute Gasteiger partial charge is 0.341 e. The molecule has 2 amide bonds. The number of hydrogen-bond donors (Lipinski definition) is 1. The van der Waals surface area contributed by atoms with Gasteiger partial charge in [0.05, 0.1) is 4.92 Å². The van der Waals surface area contributed by atoms with Crippen LogP contribution in [0.15, 0.2) is 54.6 Å². The molecule has 2 aromatic carbocycles. The molecular weight excluding hydrogens is 346 g/mol. The van der Waals surface area contributed by atoms with E-state index in [9.17, 15) is 19.7 Å². The molecule has 1 unspecified atom stereocenters. The van der Waals surface area contributed by atoms with E-state index in [4.69, 9.17) is 0 Å². The van der Waals surface area contributed by atoms with Gasteiger partial charge in [-0.3, -0.25) is 19.7 Å². The molecule has 0 aliphatic rings. The highest BCUT2D eigenvalue weighted by molar-refractivity contribution is 5.97. The predicted molar refractivity (Wildman–Crippen MR) is 102 cm³/mol. The summed E-state index contributed by atoms with van der Waals surface area (Å²) < 4.78 is 0. The Bertz CT molecular complexity index is 821. The standard InChI is InChI=1S/C20H23N3O4/c1-14(2)22(13-16-8-5-4-6-9-16)20(25)15(3)21-19(24)17-10-7-11-18(12-17)23(26)27/h4-12,14-15H,13H2,1-3H3,(H,21,24). The van der Waals surface area contributed by atoms with E-state index in [1.54, 1.807) is 11.8 Å². The molecule has 7 heteroatoms. The van der Waals surface area contributed by atoms with Crippen LogP contribution in [0.2, 0.25) is 0 Å². The van der Waals surface area contributed by atoms with Crippen LogP contribution in [-0.2, 0) is 11.3 Å². The zero-order chi connectivity index (χ0) is 20.0. The van der Waals surface area contributed by atoms with Crippen molar-refractivity contribution in [1.29, 1.82) is 0 Å². The number of nitro benzene ring substituents is 1. The van der Waals surface area contributed by atoms with Gasteiger partial charge in [0.25, 0.3) is 11.6 Å². The third-order valence-corrected chi connectivity index (χ3v) is 4.14. The molecule has 2 rings (SSSR count). The minimum Gasteiger partial charge on any atom is -0.341 e. The molecule has 0 fully saturated rings. The Hall–Kier alpha value is -3.22. The smallest absolute Gasteiger partial charge is 0.270 e. The van der Waals surface area contributed by atoms with Crippen LogP contribution in [0.25, 0.3) is 0 Å². The summed E-state index contributed by atoms with van der Waals surface area (Å²) in [6, 6.07) is 14.2. The van der Waals surface area contributed by atoms with Crippen LogP contribution in [0.1, 0.15) is 36.7 Å². The number of rotatable bonds is 7. The van der Waals surface area contributed by atoms with E-state index in [0.717, 1.165) is 5.56 Å². The first-order chi connectivity index (χ1) is 12.8. The average Bonchev–Trinajstić information content (AvgIpc) is 2.66. The first kappa shape index (κ1) is 20.1. The van der Waals surface area contributed by atoms with Crippen LogP contribution in [0.5, 0.6) is 0 Å². The molecule has 0 saturated carbocycles. The highest BCUT2D eigenvalue weighted by atomic mass is 16.6. The van der Waals surface area contributed by atoms with E-state index in [1.165, 1.54) is 24.3 Å². The lowest BCUT2D eigenvalue weighted by Crippen LogP contribution is -2.49. The van der Waals surface area contributed by atoms with Gasteiger partial charge in [-0.05, 0) is 32.4 Å². The molecule has 0 aliphatic carbocycles. The van der Waals surface area contributed by atoms with Gasteiger partial charge in [-0.2, -0.15) is 0 Å². The Morgan fingerprint density at radius 2 is 1.74 bits per heavy atom. The Kier molecular flexibility index (Phi) is 6.65. The Balaban J connectivity index is 2.09. The fourth-order valence-electron chi connectivity index (χ4n) is 2.65. The van der Waals surface area contributed by atoms with E-state index < -0.39 is 16.9 Å². The van der Waals surface area contributed by atoms with Crippen molar-refractivity contribution in [2.75, 3.05) is 0 Å². The van der Waals surface area contributed by atoms with Crippen LogP contribution >= 0.6 is 0 Å². The van der Waals surface area contributed by atoms with E-state index in [2.05, 4.69) is 5.32 Å². The summed E-state index contributed by atoms with van der Waals surface area (Å²) in [7, 11) is 0. The van der Waals surface area contributed by atoms with Gasteiger partial charge in [0.1, 0.15) is 6.04 Å². The number of carbonyl (C=O) groups is 2. The third kappa shape index (κ3) is 5.37. The summed E-state index contributed by atoms with van der Waals surface area (Å²) in [4.78, 5) is 37.2. The molecule has 1 atom stereocenters. The van der Waals surface area contributed by atoms with Crippen molar-refractivity contribution in [3.63, 3.8) is 0 Å². The number of benzene rings is 2. The van der Waals surface area contributed by atoms with Crippen LogP contribution in [0, 0.1) is 10.1 Å². The molecule has 27 heavy (non-hydrogen) atoms.